The van der Waals surface area contributed by atoms with Crippen molar-refractivity contribution in [1.82, 2.24) is 0 Å². The summed E-state index contributed by atoms with van der Waals surface area (Å²) >= 11 is 0. The molecule has 0 aromatic heterocycles. The number of rotatable bonds is 4. The molecular weight excluding hydrogens is 261 g/mol. The quantitative estimate of drug-likeness (QED) is 0.847. The molecule has 0 bridgehead atoms. The van der Waals surface area contributed by atoms with Crippen LogP contribution in [0.5, 0.6) is 5.75 Å². The molecule has 1 fully saturated rings. The van der Waals surface area contributed by atoms with Gasteiger partial charge in [-0.3, -0.25) is 4.79 Å². The van der Waals surface area contributed by atoms with E-state index in [0.717, 1.165) is 6.07 Å². The van der Waals surface area contributed by atoms with E-state index in [4.69, 9.17) is 9.47 Å². The van der Waals surface area contributed by atoms with Gasteiger partial charge in [-0.05, 0) is 19.1 Å². The van der Waals surface area contributed by atoms with Crippen LogP contribution >= 0.6 is 0 Å². The second-order valence-electron chi connectivity index (χ2n) is 4.20. The molecule has 0 N–H and O–H groups in total. The Kier molecular flexibility index (Phi) is 3.80. The van der Waals surface area contributed by atoms with Crippen LogP contribution < -0.4 is 4.74 Å². The van der Waals surface area contributed by atoms with Gasteiger partial charge in [0, 0.05) is 13.0 Å². The zero-order chi connectivity index (χ0) is 14.0. The highest BCUT2D eigenvalue weighted by molar-refractivity contribution is 5.90. The highest BCUT2D eigenvalue weighted by Gasteiger charge is 2.44. The maximum absolute atomic E-state index is 12.8. The molecule has 104 valence electrons. The van der Waals surface area contributed by atoms with Crippen molar-refractivity contribution in [1.29, 1.82) is 0 Å². The van der Waals surface area contributed by atoms with Crippen molar-refractivity contribution >= 4 is 5.78 Å². The maximum Gasteiger partial charge on any atom is 0.419 e. The summed E-state index contributed by atoms with van der Waals surface area (Å²) in [5.41, 5.74) is -0.843. The molecule has 0 spiro atoms. The topological polar surface area (TPSA) is 35.5 Å². The summed E-state index contributed by atoms with van der Waals surface area (Å²) in [6.45, 7) is 2.03. The first-order chi connectivity index (χ1) is 8.93. The number of carbonyl (C=O) groups is 1. The number of carbonyl (C=O) groups excluding carboxylic acids is 1. The van der Waals surface area contributed by atoms with Gasteiger partial charge >= 0.3 is 6.18 Å². The summed E-state index contributed by atoms with van der Waals surface area (Å²) in [4.78, 5) is 11.3. The lowest BCUT2D eigenvalue weighted by molar-refractivity contribution is -0.156. The highest BCUT2D eigenvalue weighted by Crippen LogP contribution is 2.37. The van der Waals surface area contributed by atoms with Crippen molar-refractivity contribution in [3.63, 3.8) is 0 Å². The number of Topliss-reactive ketones (excluding diaryl/α,β-unsaturated/α-hetero) is 1. The van der Waals surface area contributed by atoms with E-state index in [1.165, 1.54) is 18.2 Å². The van der Waals surface area contributed by atoms with Crippen molar-refractivity contribution in [2.75, 3.05) is 6.61 Å². The summed E-state index contributed by atoms with van der Waals surface area (Å²) in [7, 11) is 0. The van der Waals surface area contributed by atoms with Crippen LogP contribution in [0.25, 0.3) is 0 Å². The van der Waals surface area contributed by atoms with Crippen LogP contribution in [-0.2, 0) is 15.7 Å². The Morgan fingerprint density at radius 1 is 1.32 bits per heavy atom. The van der Waals surface area contributed by atoms with Crippen molar-refractivity contribution in [3.05, 3.63) is 29.8 Å². The van der Waals surface area contributed by atoms with Crippen molar-refractivity contribution in [2.45, 2.75) is 31.7 Å². The third-order valence-corrected chi connectivity index (χ3v) is 2.87. The van der Waals surface area contributed by atoms with E-state index in [2.05, 4.69) is 0 Å². The van der Waals surface area contributed by atoms with Crippen molar-refractivity contribution in [2.24, 2.45) is 0 Å². The van der Waals surface area contributed by atoms with Gasteiger partial charge in [0.15, 0.2) is 11.9 Å². The Hall–Kier alpha value is -1.56. The lowest BCUT2D eigenvalue weighted by atomic mass is 9.90. The predicted molar refractivity (Wildman–Crippen MR) is 60.9 cm³/mol. The first-order valence-corrected chi connectivity index (χ1v) is 5.90. The fraction of sp³-hybridized carbons (Fsp3) is 0.462. The van der Waals surface area contributed by atoms with Crippen LogP contribution in [0, 0.1) is 0 Å². The summed E-state index contributed by atoms with van der Waals surface area (Å²) in [6, 6.07) is 4.95. The third-order valence-electron chi connectivity index (χ3n) is 2.87. The molecule has 1 saturated carbocycles. The molecule has 2 atom stereocenters. The van der Waals surface area contributed by atoms with Gasteiger partial charge in [-0.1, -0.05) is 12.1 Å². The predicted octanol–water partition coefficient (Wildman–Crippen LogP) is 2.83. The fourth-order valence-electron chi connectivity index (χ4n) is 1.92. The minimum Gasteiger partial charge on any atom is -0.486 e. The van der Waals surface area contributed by atoms with Crippen LogP contribution in [0.4, 0.5) is 13.2 Å². The summed E-state index contributed by atoms with van der Waals surface area (Å²) in [5, 5.41) is 0. The standard InChI is InChI=1S/C13H13F3O3/c1-2-18-12-9(17)7-11(12)19-10-6-4-3-5-8(10)13(14,15)16/h3-6,11-12H,2,7H2,1H3. The molecule has 1 aliphatic rings. The lowest BCUT2D eigenvalue weighted by Gasteiger charge is -2.35. The Morgan fingerprint density at radius 2 is 2.00 bits per heavy atom. The lowest BCUT2D eigenvalue weighted by Crippen LogP contribution is -2.52. The van der Waals surface area contributed by atoms with E-state index in [9.17, 15) is 18.0 Å². The Morgan fingerprint density at radius 3 is 2.58 bits per heavy atom. The molecular formula is C13H13F3O3. The maximum atomic E-state index is 12.8. The van der Waals surface area contributed by atoms with Crippen LogP contribution in [0.3, 0.4) is 0 Å². The zero-order valence-corrected chi connectivity index (χ0v) is 10.2. The normalized spacial score (nSPS) is 23.1. The molecule has 0 radical (unpaired) electrons. The number of para-hydroxylation sites is 1. The molecule has 0 heterocycles. The molecule has 1 aliphatic carbocycles. The Bertz CT molecular complexity index is 470. The van der Waals surface area contributed by atoms with Gasteiger partial charge in [0.05, 0.1) is 5.56 Å². The van der Waals surface area contributed by atoms with E-state index >= 15 is 0 Å². The SMILES string of the molecule is CCOC1C(=O)CC1Oc1ccccc1C(F)(F)F. The van der Waals surface area contributed by atoms with Gasteiger partial charge in [0.2, 0.25) is 0 Å². The van der Waals surface area contributed by atoms with E-state index in [1.807, 2.05) is 0 Å². The average Bonchev–Trinajstić information content (AvgIpc) is 2.35. The summed E-state index contributed by atoms with van der Waals surface area (Å²) < 4.78 is 48.7. The van der Waals surface area contributed by atoms with Gasteiger partial charge < -0.3 is 9.47 Å². The molecule has 1 aromatic carbocycles. The number of alkyl halides is 3. The van der Waals surface area contributed by atoms with Crippen molar-refractivity contribution < 1.29 is 27.4 Å². The number of halogens is 3. The number of ketones is 1. The van der Waals surface area contributed by atoms with Crippen LogP contribution in [0.1, 0.15) is 18.9 Å². The zero-order valence-electron chi connectivity index (χ0n) is 10.2. The average molecular weight is 274 g/mol. The molecule has 3 nitrogen and oxygen atoms in total. The molecule has 2 rings (SSSR count). The largest absolute Gasteiger partial charge is 0.486 e. The van der Waals surface area contributed by atoms with Gasteiger partial charge in [0.1, 0.15) is 11.9 Å². The molecule has 0 aliphatic heterocycles. The Labute approximate surface area is 108 Å². The first-order valence-electron chi connectivity index (χ1n) is 5.90. The van der Waals surface area contributed by atoms with Crippen LogP contribution in [0.15, 0.2) is 24.3 Å². The van der Waals surface area contributed by atoms with Gasteiger partial charge in [0.25, 0.3) is 0 Å². The Balaban J connectivity index is 2.14. The molecule has 0 saturated heterocycles. The minimum absolute atomic E-state index is 0.0802. The van der Waals surface area contributed by atoms with Crippen LogP contribution in [-0.4, -0.2) is 24.6 Å². The van der Waals surface area contributed by atoms with E-state index < -0.39 is 23.9 Å². The second kappa shape index (κ2) is 5.21. The molecule has 0 amide bonds. The van der Waals surface area contributed by atoms with E-state index in [1.54, 1.807) is 6.92 Å². The van der Waals surface area contributed by atoms with Gasteiger partial charge in [-0.15, -0.1) is 0 Å². The molecule has 19 heavy (non-hydrogen) atoms. The van der Waals surface area contributed by atoms with E-state index in [0.29, 0.717) is 6.61 Å². The summed E-state index contributed by atoms with van der Waals surface area (Å²) in [5.74, 6) is -0.409. The third kappa shape index (κ3) is 2.89. The fourth-order valence-corrected chi connectivity index (χ4v) is 1.92. The molecule has 6 heteroatoms. The molecule has 2 unspecified atom stereocenters. The number of benzene rings is 1. The second-order valence-corrected chi connectivity index (χ2v) is 4.20. The summed E-state index contributed by atoms with van der Waals surface area (Å²) in [6.07, 6.45) is -5.80. The van der Waals surface area contributed by atoms with Gasteiger partial charge in [-0.25, -0.2) is 0 Å². The van der Waals surface area contributed by atoms with E-state index in [-0.39, 0.29) is 18.0 Å². The first kappa shape index (κ1) is 13.9. The van der Waals surface area contributed by atoms with Gasteiger partial charge in [-0.2, -0.15) is 13.2 Å². The smallest absolute Gasteiger partial charge is 0.419 e. The minimum atomic E-state index is -4.48. The van der Waals surface area contributed by atoms with Crippen LogP contribution in [0.2, 0.25) is 0 Å². The molecule has 1 aromatic rings. The number of hydrogen-bond acceptors (Lipinski definition) is 3. The number of ether oxygens (including phenoxy) is 2. The van der Waals surface area contributed by atoms with Crippen molar-refractivity contribution in [3.8, 4) is 5.75 Å². The number of hydrogen-bond donors (Lipinski definition) is 0. The highest BCUT2D eigenvalue weighted by atomic mass is 19.4. The monoisotopic (exact) mass is 274 g/mol.